The molecule has 3 aromatic rings. The Morgan fingerprint density at radius 2 is 1.97 bits per heavy atom. The molecule has 0 spiro atoms. The van der Waals surface area contributed by atoms with Gasteiger partial charge in [-0.2, -0.15) is 5.26 Å². The first-order chi connectivity index (χ1) is 14.3. The number of hydrogen-bond acceptors (Lipinski definition) is 5. The number of non-ortho nitro benzene ring substituents is 1. The number of benzene rings is 2. The minimum Gasteiger partial charge on any atom is -0.457 e. The Morgan fingerprint density at radius 3 is 2.60 bits per heavy atom. The highest BCUT2D eigenvalue weighted by atomic mass is 79.9. The summed E-state index contributed by atoms with van der Waals surface area (Å²) in [6.45, 7) is 3.83. The maximum Gasteiger partial charge on any atom is 0.270 e. The molecule has 0 aliphatic rings. The maximum atomic E-state index is 12.5. The summed E-state index contributed by atoms with van der Waals surface area (Å²) in [5.41, 5.74) is 3.04. The molecule has 1 heterocycles. The van der Waals surface area contributed by atoms with Gasteiger partial charge >= 0.3 is 0 Å². The van der Waals surface area contributed by atoms with Gasteiger partial charge in [-0.05, 0) is 59.6 Å². The number of carbonyl (C=O) groups is 1. The van der Waals surface area contributed by atoms with Gasteiger partial charge in [-0.3, -0.25) is 14.9 Å². The third-order valence-corrected chi connectivity index (χ3v) is 4.99. The molecule has 1 aromatic heterocycles. The van der Waals surface area contributed by atoms with Crippen molar-refractivity contribution in [3.05, 3.63) is 85.6 Å². The van der Waals surface area contributed by atoms with Gasteiger partial charge in [-0.1, -0.05) is 17.7 Å². The summed E-state index contributed by atoms with van der Waals surface area (Å²) < 4.78 is 6.21. The van der Waals surface area contributed by atoms with E-state index in [1.165, 1.54) is 18.2 Å². The lowest BCUT2D eigenvalue weighted by molar-refractivity contribution is -0.384. The molecule has 7 nitrogen and oxygen atoms in total. The van der Waals surface area contributed by atoms with Crippen molar-refractivity contribution in [3.63, 3.8) is 0 Å². The fourth-order valence-corrected chi connectivity index (χ4v) is 3.39. The van der Waals surface area contributed by atoms with Gasteiger partial charge in [0.1, 0.15) is 23.2 Å². The van der Waals surface area contributed by atoms with Crippen LogP contribution in [0.2, 0.25) is 0 Å². The highest BCUT2D eigenvalue weighted by Gasteiger charge is 2.15. The number of hydrogen-bond donors (Lipinski definition) is 1. The number of nitriles is 1. The van der Waals surface area contributed by atoms with Gasteiger partial charge in [0.15, 0.2) is 0 Å². The van der Waals surface area contributed by atoms with Crippen molar-refractivity contribution in [2.45, 2.75) is 13.8 Å². The number of amides is 1. The number of aryl methyl sites for hydroxylation is 2. The monoisotopic (exact) mass is 465 g/mol. The van der Waals surface area contributed by atoms with E-state index in [2.05, 4.69) is 21.2 Å². The first-order valence-corrected chi connectivity index (χ1v) is 9.62. The number of carbonyl (C=O) groups excluding carboxylic acids is 1. The highest BCUT2D eigenvalue weighted by Crippen LogP contribution is 2.33. The summed E-state index contributed by atoms with van der Waals surface area (Å²) in [7, 11) is 0. The van der Waals surface area contributed by atoms with Crippen LogP contribution in [0.15, 0.2) is 63.0 Å². The Morgan fingerprint density at radius 1 is 1.20 bits per heavy atom. The summed E-state index contributed by atoms with van der Waals surface area (Å²) in [4.78, 5) is 22.9. The van der Waals surface area contributed by atoms with Crippen molar-refractivity contribution >= 4 is 39.3 Å². The zero-order chi connectivity index (χ0) is 21.8. The topological polar surface area (TPSA) is 109 Å². The Bertz CT molecular complexity index is 1220. The summed E-state index contributed by atoms with van der Waals surface area (Å²) in [6.07, 6.45) is 1.35. The first-order valence-electron chi connectivity index (χ1n) is 8.83. The van der Waals surface area contributed by atoms with Crippen molar-refractivity contribution in [2.24, 2.45) is 0 Å². The predicted molar refractivity (Wildman–Crippen MR) is 117 cm³/mol. The molecule has 150 valence electrons. The van der Waals surface area contributed by atoms with E-state index in [1.807, 2.05) is 32.0 Å². The molecule has 0 aliphatic carbocycles. The van der Waals surface area contributed by atoms with Gasteiger partial charge < -0.3 is 9.73 Å². The van der Waals surface area contributed by atoms with E-state index in [9.17, 15) is 20.2 Å². The van der Waals surface area contributed by atoms with Crippen molar-refractivity contribution in [3.8, 4) is 17.4 Å². The van der Waals surface area contributed by atoms with Gasteiger partial charge in [-0.15, -0.1) is 0 Å². The molecule has 0 saturated carbocycles. The summed E-state index contributed by atoms with van der Waals surface area (Å²) in [5, 5.41) is 23.0. The number of halogens is 1. The Hall–Kier alpha value is -3.70. The van der Waals surface area contributed by atoms with Gasteiger partial charge in [-0.25, -0.2) is 0 Å². The summed E-state index contributed by atoms with van der Waals surface area (Å²) in [6, 6.07) is 15.1. The van der Waals surface area contributed by atoms with Crippen LogP contribution in [0.1, 0.15) is 16.9 Å². The number of rotatable bonds is 5. The molecule has 0 unspecified atom stereocenters. The van der Waals surface area contributed by atoms with Crippen LogP contribution in [0.5, 0.6) is 0 Å². The van der Waals surface area contributed by atoms with Crippen LogP contribution >= 0.6 is 15.9 Å². The number of nitrogens with one attached hydrogen (secondary N) is 1. The summed E-state index contributed by atoms with van der Waals surface area (Å²) in [5.74, 6) is 0.205. The van der Waals surface area contributed by atoms with E-state index in [0.29, 0.717) is 27.2 Å². The molecule has 2 aromatic carbocycles. The molecule has 3 rings (SSSR count). The Balaban J connectivity index is 1.84. The Kier molecular flexibility index (Phi) is 6.14. The lowest BCUT2D eigenvalue weighted by Gasteiger charge is -2.08. The van der Waals surface area contributed by atoms with E-state index in [1.54, 1.807) is 24.3 Å². The minimum absolute atomic E-state index is 0.0489. The largest absolute Gasteiger partial charge is 0.457 e. The fourth-order valence-electron chi connectivity index (χ4n) is 2.83. The molecule has 0 atom stereocenters. The number of furan rings is 1. The predicted octanol–water partition coefficient (Wildman–Crippen LogP) is 5.78. The second-order valence-corrected chi connectivity index (χ2v) is 7.42. The molecule has 30 heavy (non-hydrogen) atoms. The van der Waals surface area contributed by atoms with Crippen molar-refractivity contribution in [2.75, 3.05) is 5.32 Å². The van der Waals surface area contributed by atoms with E-state index in [-0.39, 0.29) is 11.3 Å². The van der Waals surface area contributed by atoms with E-state index in [0.717, 1.165) is 11.1 Å². The molecule has 0 saturated heterocycles. The molecular weight excluding hydrogens is 450 g/mol. The van der Waals surface area contributed by atoms with Crippen LogP contribution in [-0.2, 0) is 4.79 Å². The third-order valence-electron chi connectivity index (χ3n) is 4.34. The number of nitro benzene ring substituents is 1. The van der Waals surface area contributed by atoms with Crippen LogP contribution in [-0.4, -0.2) is 10.8 Å². The highest BCUT2D eigenvalue weighted by molar-refractivity contribution is 9.10. The fraction of sp³-hybridized carbons (Fsp3) is 0.0909. The van der Waals surface area contributed by atoms with E-state index in [4.69, 9.17) is 4.42 Å². The first kappa shape index (κ1) is 21.0. The molecule has 0 radical (unpaired) electrons. The second-order valence-electron chi connectivity index (χ2n) is 6.57. The number of nitrogens with zero attached hydrogens (tertiary/aromatic N) is 2. The van der Waals surface area contributed by atoms with Gasteiger partial charge in [0, 0.05) is 33.9 Å². The number of anilines is 1. The average molecular weight is 466 g/mol. The third kappa shape index (κ3) is 4.64. The van der Waals surface area contributed by atoms with Crippen LogP contribution in [0, 0.1) is 35.3 Å². The minimum atomic E-state index is -0.543. The normalized spacial score (nSPS) is 11.1. The smallest absolute Gasteiger partial charge is 0.270 e. The quantitative estimate of drug-likeness (QED) is 0.222. The van der Waals surface area contributed by atoms with E-state index < -0.39 is 10.8 Å². The molecule has 8 heteroatoms. The lowest BCUT2D eigenvalue weighted by Crippen LogP contribution is -2.14. The van der Waals surface area contributed by atoms with Crippen molar-refractivity contribution in [1.29, 1.82) is 5.26 Å². The molecule has 0 aliphatic heterocycles. The average Bonchev–Trinajstić information content (AvgIpc) is 3.16. The van der Waals surface area contributed by atoms with Gasteiger partial charge in [0.05, 0.1) is 4.92 Å². The molecule has 1 N–H and O–H groups in total. The van der Waals surface area contributed by atoms with Gasteiger partial charge in [0.25, 0.3) is 11.6 Å². The second kappa shape index (κ2) is 8.76. The van der Waals surface area contributed by atoms with Crippen LogP contribution < -0.4 is 5.32 Å². The molecule has 1 amide bonds. The summed E-state index contributed by atoms with van der Waals surface area (Å²) >= 11 is 3.30. The van der Waals surface area contributed by atoms with Crippen molar-refractivity contribution in [1.82, 2.24) is 0 Å². The zero-order valence-corrected chi connectivity index (χ0v) is 17.7. The zero-order valence-electron chi connectivity index (χ0n) is 16.1. The lowest BCUT2D eigenvalue weighted by atomic mass is 10.1. The number of nitro groups is 1. The van der Waals surface area contributed by atoms with Gasteiger partial charge in [0.2, 0.25) is 0 Å². The SMILES string of the molecule is Cc1ccc(NC(=O)C(C#N)=Cc2ccc(-c3ccc([N+](=O)[O-])cc3Br)o2)c(C)c1. The van der Waals surface area contributed by atoms with Crippen LogP contribution in [0.3, 0.4) is 0 Å². The molecular formula is C22H16BrN3O4. The Labute approximate surface area is 180 Å². The van der Waals surface area contributed by atoms with Crippen molar-refractivity contribution < 1.29 is 14.1 Å². The van der Waals surface area contributed by atoms with Crippen LogP contribution in [0.4, 0.5) is 11.4 Å². The standard InChI is InChI=1S/C22H16BrN3O4/c1-13-3-7-20(14(2)9-13)25-22(27)15(12-24)10-17-5-8-21(30-17)18-6-4-16(26(28)29)11-19(18)23/h3-11H,1-2H3,(H,25,27). The molecule has 0 bridgehead atoms. The van der Waals surface area contributed by atoms with Crippen LogP contribution in [0.25, 0.3) is 17.4 Å². The van der Waals surface area contributed by atoms with E-state index >= 15 is 0 Å². The molecule has 0 fully saturated rings. The maximum absolute atomic E-state index is 12.5.